The molecule has 276 valence electrons. The van der Waals surface area contributed by atoms with Gasteiger partial charge < -0.3 is 10.6 Å². The first kappa shape index (κ1) is 35.4. The van der Waals surface area contributed by atoms with Crippen molar-refractivity contribution in [3.63, 3.8) is 0 Å². The molecular formula is C54H39N2OP. The van der Waals surface area contributed by atoms with Crippen LogP contribution in [0.4, 0.5) is 10.5 Å². The van der Waals surface area contributed by atoms with Crippen LogP contribution in [0.15, 0.2) is 218 Å². The lowest BCUT2D eigenvalue weighted by atomic mass is 9.90. The molecule has 0 saturated heterocycles. The maximum atomic E-state index is 14.9. The van der Waals surface area contributed by atoms with E-state index in [1.54, 1.807) is 0 Å². The van der Waals surface area contributed by atoms with Gasteiger partial charge in [0.15, 0.2) is 0 Å². The summed E-state index contributed by atoms with van der Waals surface area (Å²) in [4.78, 5) is 14.9. The average molecular weight is 763 g/mol. The molecule has 0 spiro atoms. The van der Waals surface area contributed by atoms with Crippen LogP contribution >= 0.6 is 7.92 Å². The van der Waals surface area contributed by atoms with Gasteiger partial charge in [0, 0.05) is 11.1 Å². The van der Waals surface area contributed by atoms with Gasteiger partial charge in [-0.15, -0.1) is 0 Å². The molecule has 0 heterocycles. The maximum absolute atomic E-state index is 14.9. The number of benzene rings is 10. The van der Waals surface area contributed by atoms with Crippen molar-refractivity contribution in [1.82, 2.24) is 5.32 Å². The monoisotopic (exact) mass is 762 g/mol. The number of carbonyl (C=O) groups excluding carboxylic acids is 1. The number of hydrogen-bond acceptors (Lipinski definition) is 1. The van der Waals surface area contributed by atoms with E-state index in [9.17, 15) is 4.79 Å². The van der Waals surface area contributed by atoms with Crippen molar-refractivity contribution in [2.24, 2.45) is 0 Å². The van der Waals surface area contributed by atoms with Crippen LogP contribution in [0.25, 0.3) is 54.2 Å². The summed E-state index contributed by atoms with van der Waals surface area (Å²) >= 11 is 0. The number of amides is 2. The zero-order valence-electron chi connectivity index (χ0n) is 31.7. The molecule has 2 N–H and O–H groups in total. The Kier molecular flexibility index (Phi) is 9.43. The van der Waals surface area contributed by atoms with Gasteiger partial charge >= 0.3 is 6.03 Å². The highest BCUT2D eigenvalue weighted by atomic mass is 31.1. The predicted molar refractivity (Wildman–Crippen MR) is 247 cm³/mol. The van der Waals surface area contributed by atoms with E-state index in [1.165, 1.54) is 15.9 Å². The van der Waals surface area contributed by atoms with Crippen LogP contribution in [-0.4, -0.2) is 6.03 Å². The van der Waals surface area contributed by atoms with E-state index >= 15 is 0 Å². The smallest absolute Gasteiger partial charge is 0.320 e. The van der Waals surface area contributed by atoms with Crippen LogP contribution < -0.4 is 26.5 Å². The lowest BCUT2D eigenvalue weighted by molar-refractivity contribution is 0.250. The Labute approximate surface area is 339 Å². The molecule has 0 aliphatic carbocycles. The molecule has 0 aliphatic heterocycles. The Balaban J connectivity index is 1.16. The minimum atomic E-state index is -0.989. The minimum absolute atomic E-state index is 0.280. The van der Waals surface area contributed by atoms with E-state index in [1.807, 2.05) is 0 Å². The Morgan fingerprint density at radius 3 is 1.33 bits per heavy atom. The zero-order chi connectivity index (χ0) is 38.8. The van der Waals surface area contributed by atoms with E-state index in [0.717, 1.165) is 71.0 Å². The Bertz CT molecular complexity index is 2980. The Hall–Kier alpha value is -7.06. The van der Waals surface area contributed by atoms with E-state index in [2.05, 4.69) is 229 Å². The normalized spacial score (nSPS) is 11.5. The van der Waals surface area contributed by atoms with Crippen LogP contribution in [-0.2, 0) is 0 Å². The fraction of sp³-hybridized carbons (Fsp3) is 0.0185. The first-order valence-electron chi connectivity index (χ1n) is 19.7. The van der Waals surface area contributed by atoms with E-state index in [-0.39, 0.29) is 6.03 Å². The second kappa shape index (κ2) is 15.5. The molecule has 4 heteroatoms. The number of urea groups is 1. The third-order valence-electron chi connectivity index (χ3n) is 11.1. The van der Waals surface area contributed by atoms with Crippen molar-refractivity contribution in [1.29, 1.82) is 0 Å². The summed E-state index contributed by atoms with van der Waals surface area (Å²) in [5.41, 5.74) is 4.96. The molecule has 10 aromatic rings. The van der Waals surface area contributed by atoms with Gasteiger partial charge in [0.2, 0.25) is 0 Å². The van der Waals surface area contributed by atoms with Crippen LogP contribution in [0.1, 0.15) is 17.2 Å². The SMILES string of the molecule is O=C(Nc1ccc2ccccc2c1-c1c(P(c2ccccc2)c2ccccc2)ccc2ccccc12)NC(c1cccc2ccccc12)c1cccc2ccccc12. The summed E-state index contributed by atoms with van der Waals surface area (Å²) in [7, 11) is -0.989. The largest absolute Gasteiger partial charge is 0.327 e. The van der Waals surface area contributed by atoms with Gasteiger partial charge in [-0.1, -0.05) is 212 Å². The number of fused-ring (bicyclic) bond motifs is 4. The van der Waals surface area contributed by atoms with Crippen molar-refractivity contribution in [2.75, 3.05) is 5.32 Å². The molecule has 0 atom stereocenters. The third-order valence-corrected chi connectivity index (χ3v) is 13.6. The number of rotatable bonds is 8. The molecular weight excluding hydrogens is 724 g/mol. The highest BCUT2D eigenvalue weighted by Crippen LogP contribution is 2.45. The lowest BCUT2D eigenvalue weighted by Gasteiger charge is -2.26. The molecule has 3 nitrogen and oxygen atoms in total. The summed E-state index contributed by atoms with van der Waals surface area (Å²) in [5, 5.41) is 19.6. The molecule has 0 aliphatic rings. The van der Waals surface area contributed by atoms with E-state index in [4.69, 9.17) is 0 Å². The topological polar surface area (TPSA) is 41.1 Å². The van der Waals surface area contributed by atoms with Gasteiger partial charge in [0.1, 0.15) is 0 Å². The second-order valence-electron chi connectivity index (χ2n) is 14.6. The van der Waals surface area contributed by atoms with Gasteiger partial charge in [0.25, 0.3) is 0 Å². The summed E-state index contributed by atoms with van der Waals surface area (Å²) in [6.07, 6.45) is 0. The summed E-state index contributed by atoms with van der Waals surface area (Å²) < 4.78 is 0. The quantitative estimate of drug-likeness (QED) is 0.149. The molecule has 58 heavy (non-hydrogen) atoms. The van der Waals surface area contributed by atoms with E-state index in [0.29, 0.717) is 0 Å². The summed E-state index contributed by atoms with van der Waals surface area (Å²) in [5.74, 6) is 0. The van der Waals surface area contributed by atoms with Crippen LogP contribution in [0.3, 0.4) is 0 Å². The maximum Gasteiger partial charge on any atom is 0.320 e. The van der Waals surface area contributed by atoms with Crippen LogP contribution in [0, 0.1) is 0 Å². The van der Waals surface area contributed by atoms with Gasteiger partial charge in [0.05, 0.1) is 11.7 Å². The summed E-state index contributed by atoms with van der Waals surface area (Å²) in [6.45, 7) is 0. The first-order chi connectivity index (χ1) is 28.7. The van der Waals surface area contributed by atoms with Gasteiger partial charge in [-0.25, -0.2) is 4.79 Å². The molecule has 10 aromatic carbocycles. The fourth-order valence-electron chi connectivity index (χ4n) is 8.55. The van der Waals surface area contributed by atoms with Crippen molar-refractivity contribution < 1.29 is 4.79 Å². The van der Waals surface area contributed by atoms with Crippen LogP contribution in [0.5, 0.6) is 0 Å². The standard InChI is InChI=1S/C54H39N2OP/c57-54(56-53(47-31-15-21-37-17-7-11-27-43(37)47)48-32-16-22-38-18-8-12-28-44(38)48)55-49-35-33-39-19-9-13-29-45(39)51(49)52-46-30-14-10-20-40(46)34-36-50(52)58(41-23-3-1-4-24-41)42-25-5-2-6-26-42/h1-36,53H,(H2,55,56,57). The molecule has 0 saturated carbocycles. The average Bonchev–Trinajstić information content (AvgIpc) is 3.29. The van der Waals surface area contributed by atoms with Gasteiger partial charge in [-0.05, 0) is 84.1 Å². The van der Waals surface area contributed by atoms with Gasteiger partial charge in [-0.3, -0.25) is 0 Å². The molecule has 0 fully saturated rings. The molecule has 0 bridgehead atoms. The highest BCUT2D eigenvalue weighted by molar-refractivity contribution is 7.80. The number of carbonyl (C=O) groups is 1. The van der Waals surface area contributed by atoms with Crippen molar-refractivity contribution in [2.45, 2.75) is 6.04 Å². The highest BCUT2D eigenvalue weighted by Gasteiger charge is 2.26. The zero-order valence-corrected chi connectivity index (χ0v) is 32.6. The van der Waals surface area contributed by atoms with Crippen molar-refractivity contribution in [3.05, 3.63) is 230 Å². The van der Waals surface area contributed by atoms with Gasteiger partial charge in [-0.2, -0.15) is 0 Å². The van der Waals surface area contributed by atoms with Crippen LogP contribution in [0.2, 0.25) is 0 Å². The van der Waals surface area contributed by atoms with Crippen molar-refractivity contribution in [3.8, 4) is 11.1 Å². The summed E-state index contributed by atoms with van der Waals surface area (Å²) in [6, 6.07) is 76.3. The van der Waals surface area contributed by atoms with Crippen molar-refractivity contribution >= 4 is 78.6 Å². The number of nitrogens with one attached hydrogen (secondary N) is 2. The molecule has 10 rings (SSSR count). The molecule has 2 amide bonds. The molecule has 0 radical (unpaired) electrons. The molecule has 0 unspecified atom stereocenters. The third kappa shape index (κ3) is 6.56. The lowest BCUT2D eigenvalue weighted by Crippen LogP contribution is -2.33. The number of hydrogen-bond donors (Lipinski definition) is 2. The second-order valence-corrected chi connectivity index (χ2v) is 16.8. The van der Waals surface area contributed by atoms with E-state index < -0.39 is 14.0 Å². The number of anilines is 1. The molecule has 0 aromatic heterocycles. The first-order valence-corrected chi connectivity index (χ1v) is 21.0. The predicted octanol–water partition coefficient (Wildman–Crippen LogP) is 12.6. The fourth-order valence-corrected chi connectivity index (χ4v) is 11.0. The Morgan fingerprint density at radius 1 is 0.379 bits per heavy atom. The minimum Gasteiger partial charge on any atom is -0.327 e. The Morgan fingerprint density at radius 2 is 0.793 bits per heavy atom.